The molecule has 4 rings (SSSR count). The van der Waals surface area contributed by atoms with Crippen LogP contribution in [0.2, 0.25) is 0 Å². The van der Waals surface area contributed by atoms with Gasteiger partial charge in [-0.1, -0.05) is 55.3 Å². The number of carbonyl (C=O) groups excluding carboxylic acids is 2. The van der Waals surface area contributed by atoms with Gasteiger partial charge in [-0.25, -0.2) is 4.39 Å². The van der Waals surface area contributed by atoms with Gasteiger partial charge in [0.1, 0.15) is 5.82 Å². The second kappa shape index (κ2) is 10.4. The van der Waals surface area contributed by atoms with Gasteiger partial charge >= 0.3 is 0 Å². The van der Waals surface area contributed by atoms with Crippen LogP contribution >= 0.6 is 0 Å². The van der Waals surface area contributed by atoms with Gasteiger partial charge in [0.25, 0.3) is 11.8 Å². The number of amides is 2. The number of carbonyl (C=O) groups is 2. The van der Waals surface area contributed by atoms with Crippen molar-refractivity contribution in [3.05, 3.63) is 101 Å². The van der Waals surface area contributed by atoms with Crippen LogP contribution in [0.1, 0.15) is 52.0 Å². The van der Waals surface area contributed by atoms with E-state index in [4.69, 9.17) is 5.73 Å². The highest BCUT2D eigenvalue weighted by Crippen LogP contribution is 2.27. The quantitative estimate of drug-likeness (QED) is 0.561. The molecule has 0 aliphatic heterocycles. The summed E-state index contributed by atoms with van der Waals surface area (Å²) >= 11 is 0. The van der Waals surface area contributed by atoms with Crippen molar-refractivity contribution in [3.63, 3.8) is 0 Å². The maximum atomic E-state index is 13.6. The standard InChI is InChI=1S/C27H28FN3O2/c28-22-13-8-12-20(17-22)26(32)30-24-15-6-4-11-21(24)18-31(25-16-7-5-14-23(25)29)27(33)19-9-2-1-3-10-19/h1-4,6,8-13,15,17,23,25H,5,7,14,16,18,29H2,(H,30,32). The summed E-state index contributed by atoms with van der Waals surface area (Å²) in [7, 11) is 0. The summed E-state index contributed by atoms with van der Waals surface area (Å²) in [5, 5.41) is 2.88. The van der Waals surface area contributed by atoms with Gasteiger partial charge in [0, 0.05) is 35.4 Å². The molecule has 0 heterocycles. The third-order valence-electron chi connectivity index (χ3n) is 6.16. The highest BCUT2D eigenvalue weighted by molar-refractivity contribution is 6.04. The number of para-hydroxylation sites is 1. The molecule has 0 spiro atoms. The van der Waals surface area contributed by atoms with Gasteiger partial charge in [0.05, 0.1) is 0 Å². The van der Waals surface area contributed by atoms with Crippen LogP contribution < -0.4 is 11.1 Å². The minimum atomic E-state index is -0.471. The Morgan fingerprint density at radius 3 is 2.36 bits per heavy atom. The molecule has 3 aromatic rings. The Morgan fingerprint density at radius 2 is 1.61 bits per heavy atom. The summed E-state index contributed by atoms with van der Waals surface area (Å²) < 4.78 is 13.6. The Kier molecular flexibility index (Phi) is 7.15. The number of hydrogen-bond donors (Lipinski definition) is 2. The maximum Gasteiger partial charge on any atom is 0.255 e. The molecule has 2 atom stereocenters. The molecule has 5 nitrogen and oxygen atoms in total. The van der Waals surface area contributed by atoms with Crippen molar-refractivity contribution in [2.24, 2.45) is 5.73 Å². The summed E-state index contributed by atoms with van der Waals surface area (Å²) in [4.78, 5) is 28.1. The fraction of sp³-hybridized carbons (Fsp3) is 0.259. The number of nitrogens with zero attached hydrogens (tertiary/aromatic N) is 1. The molecule has 0 radical (unpaired) electrons. The van der Waals surface area contributed by atoms with Crippen molar-refractivity contribution in [1.82, 2.24) is 4.90 Å². The van der Waals surface area contributed by atoms with Crippen LogP contribution in [0.25, 0.3) is 0 Å². The van der Waals surface area contributed by atoms with Gasteiger partial charge in [-0.2, -0.15) is 0 Å². The molecule has 0 saturated heterocycles. The van der Waals surface area contributed by atoms with E-state index >= 15 is 0 Å². The van der Waals surface area contributed by atoms with Crippen LogP contribution in [-0.4, -0.2) is 28.8 Å². The first-order valence-electron chi connectivity index (χ1n) is 11.3. The van der Waals surface area contributed by atoms with Crippen LogP contribution in [0.3, 0.4) is 0 Å². The van der Waals surface area contributed by atoms with Gasteiger partial charge in [-0.15, -0.1) is 0 Å². The van der Waals surface area contributed by atoms with Gasteiger partial charge in [0.2, 0.25) is 0 Å². The molecule has 33 heavy (non-hydrogen) atoms. The molecule has 0 aromatic heterocycles. The Morgan fingerprint density at radius 1 is 0.909 bits per heavy atom. The second-order valence-corrected chi connectivity index (χ2v) is 8.44. The predicted molar refractivity (Wildman–Crippen MR) is 127 cm³/mol. The van der Waals surface area contributed by atoms with Crippen molar-refractivity contribution < 1.29 is 14.0 Å². The molecule has 170 valence electrons. The van der Waals surface area contributed by atoms with E-state index < -0.39 is 11.7 Å². The smallest absolute Gasteiger partial charge is 0.255 e. The molecule has 1 fully saturated rings. The number of halogens is 1. The largest absolute Gasteiger partial charge is 0.330 e. The number of nitrogens with two attached hydrogens (primary N) is 1. The van der Waals surface area contributed by atoms with E-state index in [1.165, 1.54) is 18.2 Å². The fourth-order valence-corrected chi connectivity index (χ4v) is 4.40. The number of anilines is 1. The lowest BCUT2D eigenvalue weighted by Crippen LogP contribution is -2.51. The Labute approximate surface area is 193 Å². The molecule has 1 aliphatic rings. The molecule has 0 bridgehead atoms. The van der Waals surface area contributed by atoms with Gasteiger partial charge in [-0.05, 0) is 54.8 Å². The topological polar surface area (TPSA) is 75.4 Å². The van der Waals surface area contributed by atoms with Crippen molar-refractivity contribution in [1.29, 1.82) is 0 Å². The van der Waals surface area contributed by atoms with Crippen LogP contribution in [0.5, 0.6) is 0 Å². The average molecular weight is 446 g/mol. The monoisotopic (exact) mass is 445 g/mol. The Bertz CT molecular complexity index is 1120. The molecule has 1 saturated carbocycles. The summed E-state index contributed by atoms with van der Waals surface area (Å²) in [6.07, 6.45) is 3.80. The normalized spacial score (nSPS) is 17.9. The van der Waals surface area contributed by atoms with E-state index in [1.807, 2.05) is 41.3 Å². The molecule has 3 N–H and O–H groups in total. The average Bonchev–Trinajstić information content (AvgIpc) is 2.84. The first kappa shape index (κ1) is 22.7. The lowest BCUT2D eigenvalue weighted by atomic mass is 9.89. The summed E-state index contributed by atoms with van der Waals surface area (Å²) in [5.74, 6) is -0.955. The zero-order valence-electron chi connectivity index (χ0n) is 18.4. The lowest BCUT2D eigenvalue weighted by Gasteiger charge is -2.39. The molecule has 2 amide bonds. The van der Waals surface area contributed by atoms with Gasteiger partial charge < -0.3 is 16.0 Å². The van der Waals surface area contributed by atoms with Crippen molar-refractivity contribution in [2.45, 2.75) is 44.3 Å². The molecular formula is C27H28FN3O2. The van der Waals surface area contributed by atoms with Gasteiger partial charge in [-0.3, -0.25) is 9.59 Å². The van der Waals surface area contributed by atoms with E-state index in [1.54, 1.807) is 24.3 Å². The van der Waals surface area contributed by atoms with Crippen molar-refractivity contribution >= 4 is 17.5 Å². The first-order valence-corrected chi connectivity index (χ1v) is 11.3. The van der Waals surface area contributed by atoms with Crippen LogP contribution in [-0.2, 0) is 6.54 Å². The zero-order chi connectivity index (χ0) is 23.2. The highest BCUT2D eigenvalue weighted by atomic mass is 19.1. The van der Waals surface area contributed by atoms with Crippen molar-refractivity contribution in [2.75, 3.05) is 5.32 Å². The number of nitrogens with one attached hydrogen (secondary N) is 1. The second-order valence-electron chi connectivity index (χ2n) is 8.44. The Balaban J connectivity index is 1.62. The molecule has 1 aliphatic carbocycles. The lowest BCUT2D eigenvalue weighted by molar-refractivity contribution is 0.0584. The maximum absolute atomic E-state index is 13.6. The molecule has 2 unspecified atom stereocenters. The van der Waals surface area contributed by atoms with Gasteiger partial charge in [0.15, 0.2) is 0 Å². The number of hydrogen-bond acceptors (Lipinski definition) is 3. The fourth-order valence-electron chi connectivity index (χ4n) is 4.40. The zero-order valence-corrected chi connectivity index (χ0v) is 18.4. The number of benzene rings is 3. The van der Waals surface area contributed by atoms with E-state index in [0.717, 1.165) is 31.2 Å². The third kappa shape index (κ3) is 5.46. The molecular weight excluding hydrogens is 417 g/mol. The summed E-state index contributed by atoms with van der Waals surface area (Å²) in [6.45, 7) is 0.311. The Hall–Kier alpha value is -3.51. The minimum absolute atomic E-state index is 0.0794. The molecule has 3 aromatic carbocycles. The number of rotatable bonds is 6. The van der Waals surface area contributed by atoms with E-state index in [9.17, 15) is 14.0 Å². The summed E-state index contributed by atoms with van der Waals surface area (Å²) in [5.41, 5.74) is 8.68. The van der Waals surface area contributed by atoms with E-state index in [0.29, 0.717) is 17.8 Å². The first-order chi connectivity index (χ1) is 16.0. The predicted octanol–water partition coefficient (Wildman–Crippen LogP) is 4.99. The SMILES string of the molecule is NC1CCCCC1N(Cc1ccccc1NC(=O)c1cccc(F)c1)C(=O)c1ccccc1. The van der Waals surface area contributed by atoms with E-state index in [-0.39, 0.29) is 23.6 Å². The van der Waals surface area contributed by atoms with E-state index in [2.05, 4.69) is 5.32 Å². The van der Waals surface area contributed by atoms with Crippen LogP contribution in [0, 0.1) is 5.82 Å². The highest BCUT2D eigenvalue weighted by Gasteiger charge is 2.32. The van der Waals surface area contributed by atoms with Crippen LogP contribution in [0.15, 0.2) is 78.9 Å². The molecule has 6 heteroatoms. The van der Waals surface area contributed by atoms with Crippen molar-refractivity contribution in [3.8, 4) is 0 Å². The summed E-state index contributed by atoms with van der Waals surface area (Å²) in [6, 6.07) is 21.9. The minimum Gasteiger partial charge on any atom is -0.330 e. The van der Waals surface area contributed by atoms with Crippen LogP contribution in [0.4, 0.5) is 10.1 Å². The third-order valence-corrected chi connectivity index (χ3v) is 6.16.